The monoisotopic (exact) mass is 290 g/mol. The first-order valence-electron chi connectivity index (χ1n) is 6.22. The quantitative estimate of drug-likeness (QED) is 0.577. The molecule has 0 aromatic heterocycles. The van der Waals surface area contributed by atoms with Crippen LogP contribution in [0.1, 0.15) is 33.1 Å². The average Bonchev–Trinajstić information content (AvgIpc) is 2.28. The third-order valence-electron chi connectivity index (χ3n) is 2.44. The largest absolute Gasteiger partial charge is 0.481 e. The molecule has 110 valence electrons. The second kappa shape index (κ2) is 9.66. The van der Waals surface area contributed by atoms with Crippen LogP contribution < -0.4 is 5.73 Å². The van der Waals surface area contributed by atoms with Gasteiger partial charge in [-0.2, -0.15) is 11.8 Å². The number of nitrogens with two attached hydrogens (primary N) is 1. The first-order chi connectivity index (χ1) is 8.84. The Hall–Kier alpha value is -1.24. The van der Waals surface area contributed by atoms with Crippen molar-refractivity contribution in [3.05, 3.63) is 0 Å². The highest BCUT2D eigenvalue weighted by Gasteiger charge is 2.16. The zero-order valence-corrected chi connectivity index (χ0v) is 12.2. The third kappa shape index (κ3) is 9.35. The second-order valence-electron chi connectivity index (χ2n) is 4.45. The summed E-state index contributed by atoms with van der Waals surface area (Å²) in [5, 5.41) is 8.58. The van der Waals surface area contributed by atoms with Crippen LogP contribution in [0.3, 0.4) is 0 Å². The predicted molar refractivity (Wildman–Crippen MR) is 74.9 cm³/mol. The number of thioether (sulfide) groups is 1. The van der Waals surface area contributed by atoms with Crippen LogP contribution in [0.15, 0.2) is 0 Å². The molecule has 0 aliphatic heterocycles. The maximum Gasteiger partial charge on any atom is 0.303 e. The van der Waals surface area contributed by atoms with E-state index >= 15 is 0 Å². The van der Waals surface area contributed by atoms with Crippen LogP contribution in [0, 0.1) is 0 Å². The van der Waals surface area contributed by atoms with Gasteiger partial charge in [0.25, 0.3) is 0 Å². The van der Waals surface area contributed by atoms with E-state index < -0.39 is 5.97 Å². The number of primary amides is 1. The molecule has 0 aromatic carbocycles. The van der Waals surface area contributed by atoms with Crippen LogP contribution in [-0.4, -0.2) is 51.9 Å². The topological polar surface area (TPSA) is 101 Å². The molecule has 0 bridgehead atoms. The number of nitrogens with zero attached hydrogens (tertiary/aromatic N) is 1. The van der Waals surface area contributed by atoms with Crippen molar-refractivity contribution in [1.82, 2.24) is 4.90 Å². The average molecular weight is 290 g/mol. The van der Waals surface area contributed by atoms with Gasteiger partial charge in [-0.25, -0.2) is 0 Å². The van der Waals surface area contributed by atoms with Gasteiger partial charge < -0.3 is 15.7 Å². The molecule has 0 rings (SSSR count). The van der Waals surface area contributed by atoms with Gasteiger partial charge in [0.2, 0.25) is 11.8 Å². The molecule has 0 atom stereocenters. The number of carbonyl (C=O) groups is 3. The summed E-state index contributed by atoms with van der Waals surface area (Å²) in [6.07, 6.45) is 0.851. The summed E-state index contributed by atoms with van der Waals surface area (Å²) in [6.45, 7) is 4.24. The van der Waals surface area contributed by atoms with Crippen LogP contribution in [0.4, 0.5) is 0 Å². The van der Waals surface area contributed by atoms with E-state index in [0.717, 1.165) is 0 Å². The second-order valence-corrected chi connectivity index (χ2v) is 5.55. The zero-order chi connectivity index (χ0) is 14.8. The molecule has 0 aliphatic rings. The van der Waals surface area contributed by atoms with Crippen molar-refractivity contribution in [1.29, 1.82) is 0 Å². The molecule has 2 amide bonds. The van der Waals surface area contributed by atoms with Crippen molar-refractivity contribution < 1.29 is 19.5 Å². The van der Waals surface area contributed by atoms with Crippen LogP contribution in [-0.2, 0) is 14.4 Å². The minimum absolute atomic E-state index is 0.0163. The number of aliphatic carboxylic acids is 1. The Bertz CT molecular complexity index is 321. The Labute approximate surface area is 117 Å². The minimum atomic E-state index is -0.854. The highest BCUT2D eigenvalue weighted by atomic mass is 32.2. The third-order valence-corrected chi connectivity index (χ3v) is 3.42. The summed E-state index contributed by atoms with van der Waals surface area (Å²) in [6, 6.07) is 0.0439. The number of carbonyl (C=O) groups excluding carboxylic acids is 2. The van der Waals surface area contributed by atoms with Gasteiger partial charge >= 0.3 is 5.97 Å². The van der Waals surface area contributed by atoms with E-state index in [9.17, 15) is 14.4 Å². The van der Waals surface area contributed by atoms with Crippen molar-refractivity contribution in [2.24, 2.45) is 5.73 Å². The molecular weight excluding hydrogens is 268 g/mol. The van der Waals surface area contributed by atoms with Gasteiger partial charge in [0, 0.05) is 31.2 Å². The van der Waals surface area contributed by atoms with Crippen molar-refractivity contribution in [3.8, 4) is 0 Å². The van der Waals surface area contributed by atoms with E-state index in [1.807, 2.05) is 13.8 Å². The Morgan fingerprint density at radius 3 is 2.37 bits per heavy atom. The van der Waals surface area contributed by atoms with E-state index in [1.165, 1.54) is 11.8 Å². The predicted octanol–water partition coefficient (Wildman–Crippen LogP) is 0.697. The standard InChI is InChI=1S/C12H22N2O4S/c1-9(2)14(6-3-4-12(17)18)11(16)5-7-19-8-10(13)15/h9H,3-8H2,1-2H3,(H2,13,15)(H,17,18). The molecule has 3 N–H and O–H groups in total. The van der Waals surface area contributed by atoms with Crippen LogP contribution in [0.25, 0.3) is 0 Å². The van der Waals surface area contributed by atoms with Gasteiger partial charge in [0.15, 0.2) is 0 Å². The summed E-state index contributed by atoms with van der Waals surface area (Å²) in [5.41, 5.74) is 5.00. The van der Waals surface area contributed by atoms with Gasteiger partial charge in [0.1, 0.15) is 0 Å². The Balaban J connectivity index is 4.04. The van der Waals surface area contributed by atoms with Crippen LogP contribution in [0.2, 0.25) is 0 Å². The molecule has 0 saturated heterocycles. The van der Waals surface area contributed by atoms with Crippen LogP contribution >= 0.6 is 11.8 Å². The lowest BCUT2D eigenvalue weighted by Crippen LogP contribution is -2.38. The molecule has 0 radical (unpaired) electrons. The molecule has 0 fully saturated rings. The molecule has 6 nitrogen and oxygen atoms in total. The molecule has 7 heteroatoms. The van der Waals surface area contributed by atoms with Gasteiger partial charge in [-0.1, -0.05) is 0 Å². The smallest absolute Gasteiger partial charge is 0.303 e. The number of amides is 2. The lowest BCUT2D eigenvalue weighted by molar-refractivity contribution is -0.138. The molecule has 0 heterocycles. The maximum atomic E-state index is 12.0. The summed E-state index contributed by atoms with van der Waals surface area (Å²) in [5.74, 6) is -0.497. The Morgan fingerprint density at radius 1 is 1.26 bits per heavy atom. The molecular formula is C12H22N2O4S. The van der Waals surface area contributed by atoms with E-state index in [4.69, 9.17) is 10.8 Å². The molecule has 0 unspecified atom stereocenters. The van der Waals surface area contributed by atoms with Crippen molar-refractivity contribution in [2.45, 2.75) is 39.2 Å². The van der Waals surface area contributed by atoms with Crippen LogP contribution in [0.5, 0.6) is 0 Å². The van der Waals surface area contributed by atoms with Crippen molar-refractivity contribution in [2.75, 3.05) is 18.1 Å². The fraction of sp³-hybridized carbons (Fsp3) is 0.750. The fourth-order valence-corrected chi connectivity index (χ4v) is 2.21. The summed E-state index contributed by atoms with van der Waals surface area (Å²) >= 11 is 1.33. The number of hydrogen-bond acceptors (Lipinski definition) is 4. The van der Waals surface area contributed by atoms with E-state index in [0.29, 0.717) is 25.1 Å². The first kappa shape index (κ1) is 17.8. The Morgan fingerprint density at radius 2 is 1.89 bits per heavy atom. The summed E-state index contributed by atoms with van der Waals surface area (Å²) in [4.78, 5) is 34.6. The van der Waals surface area contributed by atoms with Gasteiger partial charge in [-0.15, -0.1) is 0 Å². The Kier molecular flexibility index (Phi) is 9.03. The van der Waals surface area contributed by atoms with Crippen molar-refractivity contribution >= 4 is 29.5 Å². The van der Waals surface area contributed by atoms with E-state index in [1.54, 1.807) is 4.90 Å². The lowest BCUT2D eigenvalue weighted by atomic mass is 10.2. The number of rotatable bonds is 10. The summed E-state index contributed by atoms with van der Waals surface area (Å²) in [7, 11) is 0. The molecule has 19 heavy (non-hydrogen) atoms. The number of carboxylic acids is 1. The maximum absolute atomic E-state index is 12.0. The van der Waals surface area contributed by atoms with E-state index in [-0.39, 0.29) is 30.0 Å². The van der Waals surface area contributed by atoms with Gasteiger partial charge in [-0.05, 0) is 20.3 Å². The first-order valence-corrected chi connectivity index (χ1v) is 7.37. The fourth-order valence-electron chi connectivity index (χ4n) is 1.55. The van der Waals surface area contributed by atoms with Gasteiger partial charge in [0.05, 0.1) is 5.75 Å². The molecule has 0 saturated carbocycles. The SMILES string of the molecule is CC(C)N(CCCC(=O)O)C(=O)CCSCC(N)=O. The van der Waals surface area contributed by atoms with Gasteiger partial charge in [-0.3, -0.25) is 14.4 Å². The number of hydrogen-bond donors (Lipinski definition) is 2. The molecule has 0 spiro atoms. The highest BCUT2D eigenvalue weighted by molar-refractivity contribution is 7.99. The summed E-state index contributed by atoms with van der Waals surface area (Å²) < 4.78 is 0. The number of carboxylic acid groups (broad SMARTS) is 1. The molecule has 0 aromatic rings. The van der Waals surface area contributed by atoms with Crippen molar-refractivity contribution in [3.63, 3.8) is 0 Å². The molecule has 0 aliphatic carbocycles. The lowest BCUT2D eigenvalue weighted by Gasteiger charge is -2.26. The normalized spacial score (nSPS) is 10.5. The zero-order valence-electron chi connectivity index (χ0n) is 11.4. The minimum Gasteiger partial charge on any atom is -0.481 e. The van der Waals surface area contributed by atoms with E-state index in [2.05, 4.69) is 0 Å². The highest BCUT2D eigenvalue weighted by Crippen LogP contribution is 2.08.